The van der Waals surface area contributed by atoms with Crippen molar-refractivity contribution in [2.45, 2.75) is 13.0 Å². The van der Waals surface area contributed by atoms with E-state index in [9.17, 15) is 4.79 Å². The van der Waals surface area contributed by atoms with E-state index in [-0.39, 0.29) is 11.8 Å². The molecule has 4 aromatic heterocycles. The van der Waals surface area contributed by atoms with E-state index in [1.807, 2.05) is 43.9 Å². The number of amides is 1. The van der Waals surface area contributed by atoms with Gasteiger partial charge in [0.25, 0.3) is 0 Å². The van der Waals surface area contributed by atoms with Crippen molar-refractivity contribution in [2.75, 3.05) is 0 Å². The lowest BCUT2D eigenvalue weighted by Crippen LogP contribution is -2.30. The van der Waals surface area contributed by atoms with Crippen LogP contribution in [0, 0.1) is 0 Å². The number of benzene rings is 1. The van der Waals surface area contributed by atoms with Crippen LogP contribution in [0.15, 0.2) is 43.0 Å². The van der Waals surface area contributed by atoms with E-state index < -0.39 is 6.09 Å². The molecule has 162 valence electrons. The Balaban J connectivity index is 1.45. The van der Waals surface area contributed by atoms with Crippen LogP contribution >= 0.6 is 11.6 Å². The third-order valence-corrected chi connectivity index (χ3v) is 5.42. The van der Waals surface area contributed by atoms with Gasteiger partial charge in [-0.25, -0.2) is 19.7 Å². The number of fused-ring (bicyclic) bond motifs is 2. The molecule has 0 spiro atoms. The van der Waals surface area contributed by atoms with E-state index >= 15 is 0 Å². The summed E-state index contributed by atoms with van der Waals surface area (Å²) >= 11 is 6.12. The highest BCUT2D eigenvalue weighted by Gasteiger charge is 2.19. The number of nitrogens with zero attached hydrogens (tertiary/aromatic N) is 6. The van der Waals surface area contributed by atoms with E-state index in [1.165, 1.54) is 0 Å². The Morgan fingerprint density at radius 2 is 2.12 bits per heavy atom. The Kier molecular flexibility index (Phi) is 4.78. The maximum absolute atomic E-state index is 12.5. The zero-order valence-electron chi connectivity index (χ0n) is 17.5. The summed E-state index contributed by atoms with van der Waals surface area (Å²) in [6.07, 6.45) is 6.04. The highest BCUT2D eigenvalue weighted by Crippen LogP contribution is 2.30. The van der Waals surface area contributed by atoms with Crippen molar-refractivity contribution < 1.29 is 9.53 Å². The van der Waals surface area contributed by atoms with Crippen LogP contribution in [0.3, 0.4) is 0 Å². The topological polar surface area (TPSA) is 116 Å². The maximum Gasteiger partial charge on any atom is 0.413 e. The fraction of sp³-hybridized carbons (Fsp3) is 0.190. The fourth-order valence-electron chi connectivity index (χ4n) is 3.65. The zero-order valence-corrected chi connectivity index (χ0v) is 18.3. The number of carbonyl (C=O) groups is 1. The van der Waals surface area contributed by atoms with Crippen molar-refractivity contribution in [3.05, 3.63) is 53.8 Å². The van der Waals surface area contributed by atoms with Crippen LogP contribution in [-0.4, -0.2) is 40.4 Å². The van der Waals surface area contributed by atoms with Gasteiger partial charge >= 0.3 is 6.09 Å². The number of halogens is 1. The molecule has 5 aromatic rings. The van der Waals surface area contributed by atoms with E-state index in [2.05, 4.69) is 30.4 Å². The fourth-order valence-corrected chi connectivity index (χ4v) is 3.81. The number of carbonyl (C=O) groups excluding carboxylic acids is 1. The van der Waals surface area contributed by atoms with Gasteiger partial charge in [-0.1, -0.05) is 11.6 Å². The monoisotopic (exact) mass is 450 g/mol. The van der Waals surface area contributed by atoms with E-state index in [0.29, 0.717) is 33.4 Å². The summed E-state index contributed by atoms with van der Waals surface area (Å²) in [4.78, 5) is 28.8. The highest BCUT2D eigenvalue weighted by molar-refractivity contribution is 6.31. The van der Waals surface area contributed by atoms with E-state index in [0.717, 1.165) is 10.9 Å². The van der Waals surface area contributed by atoms with Crippen LogP contribution in [0.2, 0.25) is 5.02 Å². The lowest BCUT2D eigenvalue weighted by molar-refractivity contribution is 0.197. The molecule has 1 atom stereocenters. The van der Waals surface area contributed by atoms with E-state index in [1.54, 1.807) is 29.3 Å². The van der Waals surface area contributed by atoms with Crippen molar-refractivity contribution in [2.24, 2.45) is 14.1 Å². The van der Waals surface area contributed by atoms with Gasteiger partial charge in [0.15, 0.2) is 16.9 Å². The highest BCUT2D eigenvalue weighted by atomic mass is 35.5. The molecule has 0 saturated carbocycles. The molecule has 1 amide bonds. The molecule has 0 aliphatic rings. The Labute approximate surface area is 187 Å². The van der Waals surface area contributed by atoms with Gasteiger partial charge in [-0.3, -0.25) is 4.68 Å². The van der Waals surface area contributed by atoms with Crippen LogP contribution < -0.4 is 10.1 Å². The second kappa shape index (κ2) is 7.65. The quantitative estimate of drug-likeness (QED) is 0.431. The van der Waals surface area contributed by atoms with Gasteiger partial charge < -0.3 is 19.6 Å². The summed E-state index contributed by atoms with van der Waals surface area (Å²) in [5.41, 5.74) is 3.01. The van der Waals surface area contributed by atoms with Crippen LogP contribution in [-0.2, 0) is 14.1 Å². The number of nitrogens with one attached hydrogen (secondary N) is 2. The number of ether oxygens (including phenoxy) is 1. The molecular weight excluding hydrogens is 432 g/mol. The molecule has 4 heterocycles. The first-order chi connectivity index (χ1) is 15.4. The number of aromatic amines is 1. The van der Waals surface area contributed by atoms with Crippen LogP contribution in [0.25, 0.3) is 33.5 Å². The molecule has 0 aliphatic heterocycles. The summed E-state index contributed by atoms with van der Waals surface area (Å²) in [5, 5.41) is 8.86. The minimum atomic E-state index is -0.619. The summed E-state index contributed by atoms with van der Waals surface area (Å²) in [6.45, 7) is 1.83. The number of imidazole rings is 1. The predicted molar refractivity (Wildman–Crippen MR) is 119 cm³/mol. The summed E-state index contributed by atoms with van der Waals surface area (Å²) < 4.78 is 9.08. The maximum atomic E-state index is 12.5. The molecule has 0 bridgehead atoms. The van der Waals surface area contributed by atoms with Gasteiger partial charge in [-0.2, -0.15) is 5.10 Å². The van der Waals surface area contributed by atoms with Crippen LogP contribution in [0.5, 0.6) is 5.75 Å². The first-order valence-corrected chi connectivity index (χ1v) is 10.2. The van der Waals surface area contributed by atoms with Gasteiger partial charge in [0.2, 0.25) is 0 Å². The number of H-pyrrole nitrogens is 1. The lowest BCUT2D eigenvalue weighted by atomic mass is 10.2. The normalized spacial score (nSPS) is 12.4. The molecular formula is C21H19ClN8O2. The molecule has 2 N–H and O–H groups in total. The third kappa shape index (κ3) is 3.44. The van der Waals surface area contributed by atoms with Crippen molar-refractivity contribution in [3.63, 3.8) is 0 Å². The minimum Gasteiger partial charge on any atom is -0.406 e. The summed E-state index contributed by atoms with van der Waals surface area (Å²) in [6, 6.07) is 5.21. The average Bonchev–Trinajstić information content (AvgIpc) is 3.45. The third-order valence-electron chi connectivity index (χ3n) is 5.18. The van der Waals surface area contributed by atoms with Crippen molar-refractivity contribution in [3.8, 4) is 17.1 Å². The second-order valence-corrected chi connectivity index (χ2v) is 7.83. The Hall–Kier alpha value is -3.92. The lowest BCUT2D eigenvalue weighted by Gasteiger charge is -2.13. The Morgan fingerprint density at radius 3 is 2.91 bits per heavy atom. The van der Waals surface area contributed by atoms with Crippen molar-refractivity contribution >= 4 is 39.8 Å². The first kappa shape index (κ1) is 20.0. The number of aryl methyl sites for hydroxylation is 2. The van der Waals surface area contributed by atoms with Gasteiger partial charge in [0.05, 0.1) is 17.8 Å². The standard InChI is InChI=1S/C21H19ClN8O2/c1-11(20-23-6-7-29(20)2)26-21(31)32-16-10-25-19-18(16)27-14(9-24-19)17-13-5-4-12(22)8-15(13)30(3)28-17/h4-11H,1-3H3,(H,24,25)(H,26,31). The van der Waals surface area contributed by atoms with Gasteiger partial charge in [-0.05, 0) is 25.1 Å². The van der Waals surface area contributed by atoms with Crippen molar-refractivity contribution in [1.29, 1.82) is 0 Å². The summed E-state index contributed by atoms with van der Waals surface area (Å²) in [5.74, 6) is 0.979. The van der Waals surface area contributed by atoms with Gasteiger partial charge in [0, 0.05) is 43.1 Å². The molecule has 10 nitrogen and oxygen atoms in total. The molecule has 32 heavy (non-hydrogen) atoms. The molecule has 0 aliphatic carbocycles. The minimum absolute atomic E-state index is 0.266. The van der Waals surface area contributed by atoms with Crippen LogP contribution in [0.4, 0.5) is 4.79 Å². The first-order valence-electron chi connectivity index (χ1n) is 9.83. The number of aromatic nitrogens is 7. The second-order valence-electron chi connectivity index (χ2n) is 7.39. The Morgan fingerprint density at radius 1 is 1.28 bits per heavy atom. The molecule has 0 radical (unpaired) electrons. The average molecular weight is 451 g/mol. The summed E-state index contributed by atoms with van der Waals surface area (Å²) in [7, 11) is 3.70. The van der Waals surface area contributed by atoms with Gasteiger partial charge in [0.1, 0.15) is 17.2 Å². The predicted octanol–water partition coefficient (Wildman–Crippen LogP) is 3.75. The number of hydrogen-bond acceptors (Lipinski definition) is 6. The van der Waals surface area contributed by atoms with E-state index in [4.69, 9.17) is 16.3 Å². The molecule has 5 rings (SSSR count). The molecule has 1 unspecified atom stereocenters. The molecule has 1 aromatic carbocycles. The number of hydrogen-bond donors (Lipinski definition) is 2. The molecule has 11 heteroatoms. The molecule has 0 fully saturated rings. The zero-order chi connectivity index (χ0) is 22.4. The SMILES string of the molecule is CC(NC(=O)Oc1c[nH]c2ncc(-c3nn(C)c4cc(Cl)ccc34)nc12)c1nccn1C. The van der Waals surface area contributed by atoms with Gasteiger partial charge in [-0.15, -0.1) is 0 Å². The largest absolute Gasteiger partial charge is 0.413 e. The molecule has 0 saturated heterocycles. The Bertz CT molecular complexity index is 1470. The smallest absolute Gasteiger partial charge is 0.406 e. The number of rotatable bonds is 4. The van der Waals surface area contributed by atoms with Crippen LogP contribution in [0.1, 0.15) is 18.8 Å². The van der Waals surface area contributed by atoms with Crippen molar-refractivity contribution in [1.82, 2.24) is 39.6 Å².